The van der Waals surface area contributed by atoms with Crippen molar-refractivity contribution in [3.8, 4) is 5.75 Å². The Labute approximate surface area is 164 Å². The van der Waals surface area contributed by atoms with E-state index < -0.39 is 0 Å². The average Bonchev–Trinajstić information content (AvgIpc) is 3.12. The van der Waals surface area contributed by atoms with Gasteiger partial charge < -0.3 is 15.1 Å². The largest absolute Gasteiger partial charge is 0.491 e. The zero-order valence-electron chi connectivity index (χ0n) is 16.4. The van der Waals surface area contributed by atoms with Crippen LogP contribution in [0.25, 0.3) is 0 Å². The van der Waals surface area contributed by atoms with Crippen LogP contribution in [0.3, 0.4) is 0 Å². The minimum absolute atomic E-state index is 0.0692. The molecule has 0 saturated carbocycles. The van der Waals surface area contributed by atoms with Gasteiger partial charge in [0.15, 0.2) is 0 Å². The van der Waals surface area contributed by atoms with Gasteiger partial charge in [-0.1, -0.05) is 0 Å². The number of fused-ring (bicyclic) bond motifs is 1. The van der Waals surface area contributed by atoms with Gasteiger partial charge >= 0.3 is 0 Å². The summed E-state index contributed by atoms with van der Waals surface area (Å²) in [6.07, 6.45) is 1.74. The number of nitrogens with one attached hydrogen (secondary N) is 2. The highest BCUT2D eigenvalue weighted by molar-refractivity contribution is 5.61. The summed E-state index contributed by atoms with van der Waals surface area (Å²) >= 11 is 0. The van der Waals surface area contributed by atoms with Crippen molar-refractivity contribution in [3.63, 3.8) is 0 Å². The van der Waals surface area contributed by atoms with Gasteiger partial charge in [0.25, 0.3) is 0 Å². The van der Waals surface area contributed by atoms with Crippen LogP contribution < -0.4 is 20.5 Å². The van der Waals surface area contributed by atoms with E-state index in [9.17, 15) is 4.39 Å². The number of rotatable bonds is 6. The lowest BCUT2D eigenvalue weighted by atomic mass is 10.0. The Morgan fingerprint density at radius 2 is 2.00 bits per heavy atom. The molecule has 3 heterocycles. The highest BCUT2D eigenvalue weighted by Gasteiger charge is 2.27. The summed E-state index contributed by atoms with van der Waals surface area (Å²) < 4.78 is 18.4. The maximum Gasteiger partial charge on any atom is 0.132 e. The van der Waals surface area contributed by atoms with Gasteiger partial charge in [-0.2, -0.15) is 0 Å². The first-order valence-electron chi connectivity index (χ1n) is 9.81. The molecule has 1 atom stereocenters. The molecule has 8 heteroatoms. The molecule has 0 radical (unpaired) electrons. The van der Waals surface area contributed by atoms with Crippen molar-refractivity contribution in [2.45, 2.75) is 26.0 Å². The van der Waals surface area contributed by atoms with E-state index in [1.165, 1.54) is 0 Å². The quantitative estimate of drug-likeness (QED) is 0.790. The lowest BCUT2D eigenvalue weighted by Gasteiger charge is -2.35. The van der Waals surface area contributed by atoms with Crippen molar-refractivity contribution in [2.24, 2.45) is 0 Å². The molecule has 7 nitrogen and oxygen atoms in total. The number of ether oxygens (including phenoxy) is 1. The monoisotopic (exact) mass is 386 g/mol. The summed E-state index contributed by atoms with van der Waals surface area (Å²) in [7, 11) is 0. The maximum atomic E-state index is 12.5. The van der Waals surface area contributed by atoms with E-state index in [0.717, 1.165) is 54.7 Å². The van der Waals surface area contributed by atoms with Crippen LogP contribution in [0.5, 0.6) is 5.75 Å². The summed E-state index contributed by atoms with van der Waals surface area (Å²) in [5, 5.41) is 0. The molecule has 28 heavy (non-hydrogen) atoms. The molecule has 0 aliphatic carbocycles. The number of halogens is 1. The molecule has 2 aliphatic rings. The van der Waals surface area contributed by atoms with Gasteiger partial charge in [-0.15, -0.1) is 0 Å². The summed E-state index contributed by atoms with van der Waals surface area (Å²) in [6.45, 7) is 7.65. The highest BCUT2D eigenvalue weighted by atomic mass is 19.1. The maximum absolute atomic E-state index is 12.5. The summed E-state index contributed by atoms with van der Waals surface area (Å²) in [5.74, 6) is 1.76. The lowest BCUT2D eigenvalue weighted by molar-refractivity contribution is 0.235. The smallest absolute Gasteiger partial charge is 0.132 e. The summed E-state index contributed by atoms with van der Waals surface area (Å²) in [5.41, 5.74) is 9.58. The Hall–Kier alpha value is -2.45. The van der Waals surface area contributed by atoms with Crippen molar-refractivity contribution in [1.82, 2.24) is 20.3 Å². The zero-order valence-corrected chi connectivity index (χ0v) is 16.4. The van der Waals surface area contributed by atoms with Crippen molar-refractivity contribution in [1.29, 1.82) is 0 Å². The average molecular weight is 386 g/mol. The summed E-state index contributed by atoms with van der Waals surface area (Å²) in [4.78, 5) is 13.4. The van der Waals surface area contributed by atoms with Crippen LogP contribution in [0.2, 0.25) is 0 Å². The molecule has 1 saturated heterocycles. The molecular weight excluding hydrogens is 359 g/mol. The Balaban J connectivity index is 1.52. The lowest BCUT2D eigenvalue weighted by Crippen LogP contribution is -2.47. The number of benzene rings is 1. The Morgan fingerprint density at radius 1 is 1.18 bits per heavy atom. The minimum atomic E-state index is -0.292. The summed E-state index contributed by atoms with van der Waals surface area (Å²) in [6, 6.07) is 8.02. The van der Waals surface area contributed by atoms with Crippen LogP contribution in [0.15, 0.2) is 30.6 Å². The zero-order chi connectivity index (χ0) is 19.5. The first kappa shape index (κ1) is 18.9. The van der Waals surface area contributed by atoms with E-state index in [1.54, 1.807) is 6.33 Å². The van der Waals surface area contributed by atoms with Gasteiger partial charge in [0, 0.05) is 44.4 Å². The van der Waals surface area contributed by atoms with Gasteiger partial charge in [-0.25, -0.2) is 19.8 Å². The van der Waals surface area contributed by atoms with Gasteiger partial charge in [-0.3, -0.25) is 4.90 Å². The topological polar surface area (TPSA) is 65.5 Å². The third-order valence-electron chi connectivity index (χ3n) is 5.12. The fourth-order valence-corrected chi connectivity index (χ4v) is 3.71. The number of anilines is 2. The van der Waals surface area contributed by atoms with Crippen LogP contribution in [-0.4, -0.2) is 60.4 Å². The van der Waals surface area contributed by atoms with Crippen LogP contribution >= 0.6 is 0 Å². The van der Waals surface area contributed by atoms with Gasteiger partial charge in [0.1, 0.15) is 24.6 Å². The van der Waals surface area contributed by atoms with E-state index in [2.05, 4.69) is 36.7 Å². The minimum Gasteiger partial charge on any atom is -0.491 e. The molecule has 0 spiro atoms. The van der Waals surface area contributed by atoms with Gasteiger partial charge in [0.05, 0.1) is 23.5 Å². The van der Waals surface area contributed by atoms with Crippen LogP contribution in [0, 0.1) is 0 Å². The third-order valence-corrected chi connectivity index (χ3v) is 5.12. The molecule has 1 fully saturated rings. The molecule has 0 amide bonds. The number of hydrogen-bond donors (Lipinski definition) is 2. The van der Waals surface area contributed by atoms with Crippen molar-refractivity contribution < 1.29 is 9.13 Å². The predicted octanol–water partition coefficient (Wildman–Crippen LogP) is 2.37. The fourth-order valence-electron chi connectivity index (χ4n) is 3.71. The predicted molar refractivity (Wildman–Crippen MR) is 107 cm³/mol. The fraction of sp³-hybridized carbons (Fsp3) is 0.500. The van der Waals surface area contributed by atoms with E-state index in [1.807, 2.05) is 32.0 Å². The molecular formula is C20H27FN6O. The molecule has 1 aromatic heterocycles. The Bertz CT molecular complexity index is 809. The van der Waals surface area contributed by atoms with Crippen molar-refractivity contribution in [3.05, 3.63) is 41.9 Å². The second-order valence-electron chi connectivity index (χ2n) is 7.44. The normalized spacial score (nSPS) is 19.6. The van der Waals surface area contributed by atoms with E-state index in [-0.39, 0.29) is 18.8 Å². The first-order chi connectivity index (χ1) is 13.6. The van der Waals surface area contributed by atoms with Crippen LogP contribution in [-0.2, 0) is 0 Å². The van der Waals surface area contributed by atoms with Gasteiger partial charge in [-0.05, 0) is 32.0 Å². The third kappa shape index (κ3) is 4.02. The number of aromatic nitrogens is 2. The molecule has 1 aromatic carbocycles. The Morgan fingerprint density at radius 3 is 2.75 bits per heavy atom. The van der Waals surface area contributed by atoms with Crippen molar-refractivity contribution >= 4 is 11.5 Å². The second-order valence-corrected chi connectivity index (χ2v) is 7.44. The molecule has 4 rings (SSSR count). The second kappa shape index (κ2) is 8.28. The van der Waals surface area contributed by atoms with Gasteiger partial charge in [0.2, 0.25) is 0 Å². The number of hydrogen-bond acceptors (Lipinski definition) is 7. The van der Waals surface area contributed by atoms with E-state index in [0.29, 0.717) is 6.54 Å². The molecule has 2 aromatic rings. The van der Waals surface area contributed by atoms with Crippen LogP contribution in [0.1, 0.15) is 31.1 Å². The molecule has 2 aliphatic heterocycles. The standard InChI is InChI=1S/C20H27FN6O/c1-14(2)28-15-3-4-17-16(11-15)20(25-24-17)18-12-19(23-13-22-18)27-9-7-26(6-5-21)8-10-27/h3-4,11-14,20,24-25H,5-10H2,1-2H3/t20-/m1/s1. The number of alkyl halides is 1. The number of hydrazine groups is 1. The number of nitrogens with zero attached hydrogens (tertiary/aromatic N) is 4. The molecule has 0 unspecified atom stereocenters. The molecule has 150 valence electrons. The Kier molecular flexibility index (Phi) is 5.59. The molecule has 2 N–H and O–H groups in total. The SMILES string of the molecule is CC(C)Oc1ccc2c(c1)[C@H](c1cc(N3CCN(CCF)CC3)ncn1)NN2. The van der Waals surface area contributed by atoms with Crippen LogP contribution in [0.4, 0.5) is 15.9 Å². The van der Waals surface area contributed by atoms with E-state index in [4.69, 9.17) is 4.74 Å². The molecule has 0 bridgehead atoms. The number of piperazine rings is 1. The van der Waals surface area contributed by atoms with E-state index >= 15 is 0 Å². The highest BCUT2D eigenvalue weighted by Crippen LogP contribution is 2.35. The van der Waals surface area contributed by atoms with Crippen molar-refractivity contribution in [2.75, 3.05) is 49.7 Å². The first-order valence-corrected chi connectivity index (χ1v) is 9.81.